The van der Waals surface area contributed by atoms with Crippen LogP contribution in [0.2, 0.25) is 0 Å². The minimum absolute atomic E-state index is 0.350. The average molecular weight is 239 g/mol. The predicted octanol–water partition coefficient (Wildman–Crippen LogP) is 3.13. The van der Waals surface area contributed by atoms with Gasteiger partial charge in [0, 0.05) is 11.5 Å². The number of hydrogen-bond donors (Lipinski definition) is 1. The maximum atomic E-state index is 5.94. The van der Waals surface area contributed by atoms with E-state index in [9.17, 15) is 0 Å². The fraction of sp³-hybridized carbons (Fsp3) is 0.692. The molecule has 1 aromatic heterocycles. The van der Waals surface area contributed by atoms with Crippen molar-refractivity contribution in [1.29, 1.82) is 0 Å². The monoisotopic (exact) mass is 239 g/mol. The van der Waals surface area contributed by atoms with Gasteiger partial charge in [-0.15, -0.1) is 11.3 Å². The van der Waals surface area contributed by atoms with E-state index in [2.05, 4.69) is 30.6 Å². The normalized spacial score (nSPS) is 19.7. The van der Waals surface area contributed by atoms with Gasteiger partial charge in [-0.3, -0.25) is 0 Å². The van der Waals surface area contributed by atoms with E-state index < -0.39 is 0 Å². The molecule has 0 aliphatic heterocycles. The summed E-state index contributed by atoms with van der Waals surface area (Å²) < 4.78 is 5.94. The van der Waals surface area contributed by atoms with Crippen molar-refractivity contribution >= 4 is 11.3 Å². The summed E-state index contributed by atoms with van der Waals surface area (Å²) in [6, 6.07) is 2.59. The Morgan fingerprint density at radius 2 is 2.31 bits per heavy atom. The van der Waals surface area contributed by atoms with Crippen LogP contribution in [-0.2, 0) is 4.74 Å². The van der Waals surface area contributed by atoms with Gasteiger partial charge in [0.1, 0.15) is 0 Å². The van der Waals surface area contributed by atoms with E-state index in [1.165, 1.54) is 23.3 Å². The molecule has 16 heavy (non-hydrogen) atoms. The summed E-state index contributed by atoms with van der Waals surface area (Å²) in [5.41, 5.74) is 1.41. The van der Waals surface area contributed by atoms with E-state index >= 15 is 0 Å². The maximum Gasteiger partial charge on any atom is 0.0797 e. The highest BCUT2D eigenvalue weighted by Crippen LogP contribution is 2.41. The lowest BCUT2D eigenvalue weighted by atomic mass is 9.99. The molecule has 0 spiro atoms. The number of likely N-dealkylation sites (N-methyl/N-ethyl adjacent to an activating group) is 1. The molecule has 90 valence electrons. The highest BCUT2D eigenvalue weighted by molar-refractivity contribution is 7.10. The number of nitrogens with one attached hydrogen (secondary N) is 1. The minimum Gasteiger partial charge on any atom is -0.376 e. The minimum atomic E-state index is 0.350. The fourth-order valence-electron chi connectivity index (χ4n) is 2.34. The zero-order valence-electron chi connectivity index (χ0n) is 10.3. The van der Waals surface area contributed by atoms with E-state index in [4.69, 9.17) is 4.74 Å². The molecule has 2 rings (SSSR count). The summed E-state index contributed by atoms with van der Waals surface area (Å²) in [6.45, 7) is 5.09. The summed E-state index contributed by atoms with van der Waals surface area (Å²) in [7, 11) is 2.04. The Morgan fingerprint density at radius 1 is 1.56 bits per heavy atom. The third-order valence-electron chi connectivity index (χ3n) is 3.32. The molecule has 1 saturated carbocycles. The van der Waals surface area contributed by atoms with Crippen LogP contribution in [0, 0.1) is 12.8 Å². The molecular formula is C13H21NOS. The van der Waals surface area contributed by atoms with Gasteiger partial charge in [-0.1, -0.05) is 0 Å². The summed E-state index contributed by atoms with van der Waals surface area (Å²) in [4.78, 5) is 1.41. The molecule has 0 bridgehead atoms. The predicted molar refractivity (Wildman–Crippen MR) is 69.0 cm³/mol. The molecule has 0 amide bonds. The highest BCUT2D eigenvalue weighted by Gasteiger charge is 2.37. The van der Waals surface area contributed by atoms with Crippen LogP contribution in [0.5, 0.6) is 0 Å². The summed E-state index contributed by atoms with van der Waals surface area (Å²) in [5, 5.41) is 5.60. The topological polar surface area (TPSA) is 21.3 Å². The molecular weight excluding hydrogens is 218 g/mol. The van der Waals surface area contributed by atoms with Crippen molar-refractivity contribution in [1.82, 2.24) is 5.32 Å². The van der Waals surface area contributed by atoms with E-state index in [0.29, 0.717) is 12.1 Å². The van der Waals surface area contributed by atoms with Crippen LogP contribution in [0.3, 0.4) is 0 Å². The molecule has 2 nitrogen and oxygen atoms in total. The first-order valence-electron chi connectivity index (χ1n) is 6.10. The molecule has 0 saturated heterocycles. The van der Waals surface area contributed by atoms with Crippen LogP contribution in [-0.4, -0.2) is 19.8 Å². The third kappa shape index (κ3) is 2.47. The Balaban J connectivity index is 2.16. The Hall–Kier alpha value is -0.380. The van der Waals surface area contributed by atoms with Gasteiger partial charge in [-0.05, 0) is 56.7 Å². The third-order valence-corrected chi connectivity index (χ3v) is 4.18. The second-order valence-corrected chi connectivity index (χ2v) is 5.58. The first-order valence-corrected chi connectivity index (χ1v) is 6.98. The lowest BCUT2D eigenvalue weighted by Gasteiger charge is -2.27. The van der Waals surface area contributed by atoms with Crippen molar-refractivity contribution in [3.8, 4) is 0 Å². The van der Waals surface area contributed by atoms with Gasteiger partial charge in [0.05, 0.1) is 12.1 Å². The number of rotatable bonds is 6. The lowest BCUT2D eigenvalue weighted by Crippen LogP contribution is -2.33. The van der Waals surface area contributed by atoms with E-state index in [1.807, 2.05) is 18.4 Å². The molecule has 2 unspecified atom stereocenters. The average Bonchev–Trinajstić information content (AvgIpc) is 3.03. The van der Waals surface area contributed by atoms with Crippen molar-refractivity contribution < 1.29 is 4.74 Å². The van der Waals surface area contributed by atoms with Gasteiger partial charge in [-0.25, -0.2) is 0 Å². The zero-order chi connectivity index (χ0) is 11.5. The second kappa shape index (κ2) is 5.30. The summed E-state index contributed by atoms with van der Waals surface area (Å²) in [5.74, 6) is 0.761. The molecule has 3 heteroatoms. The zero-order valence-corrected chi connectivity index (χ0v) is 11.1. The van der Waals surface area contributed by atoms with Crippen LogP contribution in [0.1, 0.15) is 36.2 Å². The first-order chi connectivity index (χ1) is 7.77. The maximum absolute atomic E-state index is 5.94. The standard InChI is InChI=1S/C13H21NOS/c1-4-15-13(10-5-6-10)12(14-3)11-7-8-16-9(11)2/h7-8,10,12-14H,4-6H2,1-3H3. The molecule has 2 atom stereocenters. The first kappa shape index (κ1) is 12.1. The van der Waals surface area contributed by atoms with Crippen molar-refractivity contribution in [3.63, 3.8) is 0 Å². The second-order valence-electron chi connectivity index (χ2n) is 4.46. The molecule has 1 aromatic rings. The summed E-state index contributed by atoms with van der Waals surface area (Å²) >= 11 is 1.82. The van der Waals surface area contributed by atoms with E-state index in [0.717, 1.165) is 12.5 Å². The van der Waals surface area contributed by atoms with Crippen LogP contribution in [0.15, 0.2) is 11.4 Å². The van der Waals surface area contributed by atoms with Crippen molar-refractivity contribution in [2.24, 2.45) is 5.92 Å². The molecule has 1 aliphatic rings. The lowest BCUT2D eigenvalue weighted by molar-refractivity contribution is 0.0204. The van der Waals surface area contributed by atoms with Gasteiger partial charge in [0.2, 0.25) is 0 Å². The largest absolute Gasteiger partial charge is 0.376 e. The molecule has 0 radical (unpaired) electrons. The Bertz CT molecular complexity index is 332. The quantitative estimate of drug-likeness (QED) is 0.823. The number of ether oxygens (including phenoxy) is 1. The Morgan fingerprint density at radius 3 is 2.75 bits per heavy atom. The summed E-state index contributed by atoms with van der Waals surface area (Å²) in [6.07, 6.45) is 3.00. The molecule has 0 aromatic carbocycles. The van der Waals surface area contributed by atoms with Crippen LogP contribution in [0.25, 0.3) is 0 Å². The van der Waals surface area contributed by atoms with Gasteiger partial charge >= 0.3 is 0 Å². The van der Waals surface area contributed by atoms with Crippen molar-refractivity contribution in [2.45, 2.75) is 38.8 Å². The highest BCUT2D eigenvalue weighted by atomic mass is 32.1. The Kier molecular flexibility index (Phi) is 4.00. The van der Waals surface area contributed by atoms with Crippen molar-refractivity contribution in [3.05, 3.63) is 21.9 Å². The Labute approximate surface area is 102 Å². The van der Waals surface area contributed by atoms with Gasteiger partial charge in [0.15, 0.2) is 0 Å². The smallest absolute Gasteiger partial charge is 0.0797 e. The van der Waals surface area contributed by atoms with E-state index in [-0.39, 0.29) is 0 Å². The molecule has 1 heterocycles. The molecule has 1 fully saturated rings. The van der Waals surface area contributed by atoms with Gasteiger partial charge in [-0.2, -0.15) is 0 Å². The van der Waals surface area contributed by atoms with Gasteiger partial charge in [0.25, 0.3) is 0 Å². The van der Waals surface area contributed by atoms with Crippen LogP contribution in [0.4, 0.5) is 0 Å². The molecule has 1 N–H and O–H groups in total. The van der Waals surface area contributed by atoms with Gasteiger partial charge < -0.3 is 10.1 Å². The van der Waals surface area contributed by atoms with Crippen LogP contribution < -0.4 is 5.32 Å². The fourth-order valence-corrected chi connectivity index (χ4v) is 3.09. The number of thiophene rings is 1. The van der Waals surface area contributed by atoms with Crippen molar-refractivity contribution in [2.75, 3.05) is 13.7 Å². The van der Waals surface area contributed by atoms with E-state index in [1.54, 1.807) is 0 Å². The SMILES string of the molecule is CCOC(C1CC1)C(NC)c1ccsc1C. The van der Waals surface area contributed by atoms with Crippen LogP contribution >= 0.6 is 11.3 Å². The number of hydrogen-bond acceptors (Lipinski definition) is 3. The molecule has 1 aliphatic carbocycles. The number of aryl methyl sites for hydroxylation is 1.